The Labute approximate surface area is 179 Å². The Kier molecular flexibility index (Phi) is 9.61. The van der Waals surface area contributed by atoms with Gasteiger partial charge in [-0.05, 0) is 18.9 Å². The van der Waals surface area contributed by atoms with E-state index in [1.165, 1.54) is 5.56 Å². The maximum absolute atomic E-state index is 5.92. The molecule has 27 heavy (non-hydrogen) atoms. The number of aliphatic imine (C=N–C) groups is 1. The average Bonchev–Trinajstić information content (AvgIpc) is 3.34. The zero-order chi connectivity index (χ0) is 18.0. The molecule has 0 saturated carbocycles. The van der Waals surface area contributed by atoms with Crippen LogP contribution in [0, 0.1) is 5.92 Å². The summed E-state index contributed by atoms with van der Waals surface area (Å²) in [4.78, 5) is 11.2. The van der Waals surface area contributed by atoms with Gasteiger partial charge in [0.1, 0.15) is 0 Å². The van der Waals surface area contributed by atoms with E-state index in [1.54, 1.807) is 6.20 Å². The lowest BCUT2D eigenvalue weighted by Gasteiger charge is -2.21. The van der Waals surface area contributed by atoms with Crippen molar-refractivity contribution in [1.29, 1.82) is 0 Å². The van der Waals surface area contributed by atoms with Gasteiger partial charge in [0, 0.05) is 44.5 Å². The molecule has 0 aliphatic carbocycles. The van der Waals surface area contributed by atoms with E-state index in [-0.39, 0.29) is 24.0 Å². The molecule has 3 rings (SSSR count). The van der Waals surface area contributed by atoms with Crippen molar-refractivity contribution < 1.29 is 4.74 Å². The highest BCUT2D eigenvalue weighted by molar-refractivity contribution is 14.0. The highest BCUT2D eigenvalue weighted by Gasteiger charge is 2.24. The van der Waals surface area contributed by atoms with Gasteiger partial charge in [-0.1, -0.05) is 30.3 Å². The van der Waals surface area contributed by atoms with E-state index in [2.05, 4.69) is 51.0 Å². The summed E-state index contributed by atoms with van der Waals surface area (Å²) in [6.07, 6.45) is 6.76. The number of likely N-dealkylation sites (tertiary alicyclic amines) is 1. The van der Waals surface area contributed by atoms with Crippen LogP contribution in [0.3, 0.4) is 0 Å². The van der Waals surface area contributed by atoms with Crippen LogP contribution in [0.15, 0.2) is 54.0 Å². The molecular weight excluding hydrogens is 453 g/mol. The molecule has 7 heteroatoms. The molecule has 1 aliphatic heterocycles. The average molecular weight is 483 g/mol. The second-order valence-corrected chi connectivity index (χ2v) is 6.64. The topological polar surface area (TPSA) is 54.7 Å². The number of aromatic nitrogens is 2. The first-order valence-corrected chi connectivity index (χ1v) is 9.46. The van der Waals surface area contributed by atoms with Crippen LogP contribution < -0.4 is 5.32 Å². The molecule has 6 nitrogen and oxygen atoms in total. The molecule has 1 aromatic heterocycles. The molecule has 1 aromatic carbocycles. The summed E-state index contributed by atoms with van der Waals surface area (Å²) in [6, 6.07) is 10.4. The monoisotopic (exact) mass is 483 g/mol. The summed E-state index contributed by atoms with van der Waals surface area (Å²) in [7, 11) is 0. The molecule has 0 bridgehead atoms. The molecule has 1 saturated heterocycles. The number of nitrogens with zero attached hydrogens (tertiary/aromatic N) is 4. The first-order chi connectivity index (χ1) is 12.8. The minimum atomic E-state index is 0. The lowest BCUT2D eigenvalue weighted by Crippen LogP contribution is -2.40. The van der Waals surface area contributed by atoms with E-state index in [1.807, 2.05) is 18.6 Å². The van der Waals surface area contributed by atoms with Gasteiger partial charge in [-0.25, -0.2) is 4.98 Å². The minimum absolute atomic E-state index is 0. The lowest BCUT2D eigenvalue weighted by molar-refractivity contribution is 0.0907. The number of guanidine groups is 1. The van der Waals surface area contributed by atoms with Crippen molar-refractivity contribution in [3.05, 3.63) is 54.6 Å². The van der Waals surface area contributed by atoms with E-state index >= 15 is 0 Å². The summed E-state index contributed by atoms with van der Waals surface area (Å²) in [6.45, 7) is 8.15. The molecule has 2 aromatic rings. The minimum Gasteiger partial charge on any atom is -0.376 e. The zero-order valence-electron chi connectivity index (χ0n) is 16.0. The van der Waals surface area contributed by atoms with Crippen molar-refractivity contribution in [2.75, 3.05) is 32.8 Å². The van der Waals surface area contributed by atoms with E-state index in [9.17, 15) is 0 Å². The third kappa shape index (κ3) is 7.14. The number of hydrogen-bond acceptors (Lipinski definition) is 3. The predicted octanol–water partition coefficient (Wildman–Crippen LogP) is 3.01. The fourth-order valence-corrected chi connectivity index (χ4v) is 3.19. The highest BCUT2D eigenvalue weighted by Crippen LogP contribution is 2.17. The van der Waals surface area contributed by atoms with E-state index in [0.29, 0.717) is 12.5 Å². The van der Waals surface area contributed by atoms with Crippen molar-refractivity contribution in [3.8, 4) is 0 Å². The normalized spacial score (nSPS) is 17.0. The van der Waals surface area contributed by atoms with Crippen molar-refractivity contribution in [3.63, 3.8) is 0 Å². The molecule has 1 N–H and O–H groups in total. The number of hydrogen-bond donors (Lipinski definition) is 1. The van der Waals surface area contributed by atoms with Gasteiger partial charge in [0.05, 0.1) is 26.1 Å². The fourth-order valence-electron chi connectivity index (χ4n) is 3.19. The number of benzene rings is 1. The van der Waals surface area contributed by atoms with Crippen LogP contribution in [0.2, 0.25) is 0 Å². The van der Waals surface area contributed by atoms with Gasteiger partial charge in [-0.2, -0.15) is 0 Å². The summed E-state index contributed by atoms with van der Waals surface area (Å²) < 4.78 is 7.98. The van der Waals surface area contributed by atoms with Gasteiger partial charge < -0.3 is 19.5 Å². The Bertz CT molecular complexity index is 662. The van der Waals surface area contributed by atoms with Crippen molar-refractivity contribution >= 4 is 29.9 Å². The van der Waals surface area contributed by atoms with E-state index in [0.717, 1.165) is 51.7 Å². The number of imidazole rings is 1. The number of nitrogens with one attached hydrogen (secondary N) is 1. The second kappa shape index (κ2) is 12.0. The molecule has 1 fully saturated rings. The lowest BCUT2D eigenvalue weighted by atomic mass is 10.1. The zero-order valence-corrected chi connectivity index (χ0v) is 18.3. The summed E-state index contributed by atoms with van der Waals surface area (Å²) >= 11 is 0. The predicted molar refractivity (Wildman–Crippen MR) is 119 cm³/mol. The third-order valence-electron chi connectivity index (χ3n) is 4.56. The summed E-state index contributed by atoms with van der Waals surface area (Å²) in [5.41, 5.74) is 1.23. The smallest absolute Gasteiger partial charge is 0.193 e. The summed E-state index contributed by atoms with van der Waals surface area (Å²) in [5, 5.41) is 3.42. The van der Waals surface area contributed by atoms with Crippen LogP contribution >= 0.6 is 24.0 Å². The quantitative estimate of drug-likeness (QED) is 0.357. The van der Waals surface area contributed by atoms with Crippen LogP contribution in [-0.2, 0) is 17.9 Å². The molecule has 0 spiro atoms. The largest absolute Gasteiger partial charge is 0.376 e. The van der Waals surface area contributed by atoms with Crippen molar-refractivity contribution in [2.24, 2.45) is 10.9 Å². The van der Waals surface area contributed by atoms with Crippen LogP contribution in [0.4, 0.5) is 0 Å². The Morgan fingerprint density at radius 1 is 1.33 bits per heavy atom. The first kappa shape index (κ1) is 21.7. The molecule has 0 amide bonds. The Morgan fingerprint density at radius 3 is 2.93 bits per heavy atom. The van der Waals surface area contributed by atoms with Gasteiger partial charge >= 0.3 is 0 Å². The number of rotatable bonds is 8. The number of ether oxygens (including phenoxy) is 1. The van der Waals surface area contributed by atoms with E-state index in [4.69, 9.17) is 9.73 Å². The molecular formula is C20H30IN5O. The number of halogens is 1. The molecule has 1 aliphatic rings. The van der Waals surface area contributed by atoms with E-state index < -0.39 is 0 Å². The van der Waals surface area contributed by atoms with Gasteiger partial charge in [0.25, 0.3) is 0 Å². The first-order valence-electron chi connectivity index (χ1n) is 9.46. The van der Waals surface area contributed by atoms with Gasteiger partial charge in [-0.3, -0.25) is 4.99 Å². The fraction of sp³-hybridized carbons (Fsp3) is 0.500. The SMILES string of the molecule is CCNC(=NCCn1ccnc1)N1CCC(COCc2ccccc2)C1.I. The van der Waals surface area contributed by atoms with Gasteiger partial charge in [0.2, 0.25) is 0 Å². The van der Waals surface area contributed by atoms with Crippen LogP contribution in [0.5, 0.6) is 0 Å². The van der Waals surface area contributed by atoms with Crippen LogP contribution in [-0.4, -0.2) is 53.2 Å². The Balaban J connectivity index is 0.00000261. The Morgan fingerprint density at radius 2 is 2.19 bits per heavy atom. The molecule has 0 radical (unpaired) electrons. The van der Waals surface area contributed by atoms with Gasteiger partial charge in [0.15, 0.2) is 5.96 Å². The third-order valence-corrected chi connectivity index (χ3v) is 4.56. The van der Waals surface area contributed by atoms with Crippen LogP contribution in [0.1, 0.15) is 18.9 Å². The maximum Gasteiger partial charge on any atom is 0.193 e. The molecule has 1 unspecified atom stereocenters. The summed E-state index contributed by atoms with van der Waals surface area (Å²) in [5.74, 6) is 1.58. The standard InChI is InChI=1S/C20H29N5O.HI/c1-2-22-20(23-10-13-24-12-9-21-17-24)25-11-8-19(14-25)16-26-15-18-6-4-3-5-7-18;/h3-7,9,12,17,19H,2,8,10-11,13-16H2,1H3,(H,22,23);1H. The second-order valence-electron chi connectivity index (χ2n) is 6.64. The van der Waals surface area contributed by atoms with Crippen molar-refractivity contribution in [2.45, 2.75) is 26.5 Å². The molecule has 148 valence electrons. The highest BCUT2D eigenvalue weighted by atomic mass is 127. The maximum atomic E-state index is 5.92. The van der Waals surface area contributed by atoms with Gasteiger partial charge in [-0.15, -0.1) is 24.0 Å². The van der Waals surface area contributed by atoms with Crippen molar-refractivity contribution in [1.82, 2.24) is 19.8 Å². The van der Waals surface area contributed by atoms with Crippen LogP contribution in [0.25, 0.3) is 0 Å². The Hall–Kier alpha value is -1.61. The molecule has 2 heterocycles. The molecule has 1 atom stereocenters.